The molecule has 3 heteroatoms. The molecule has 3 rings (SSSR count). The number of aliphatic hydroxyl groups is 1. The second-order valence-corrected chi connectivity index (χ2v) is 5.51. The minimum atomic E-state index is -0.482. The predicted molar refractivity (Wildman–Crippen MR) is 74.8 cm³/mol. The van der Waals surface area contributed by atoms with E-state index in [1.807, 2.05) is 19.2 Å². The third-order valence-electron chi connectivity index (χ3n) is 4.51. The third-order valence-corrected chi connectivity index (χ3v) is 4.51. The van der Waals surface area contributed by atoms with E-state index in [1.54, 1.807) is 10.9 Å². The average molecular weight is 256 g/mol. The Morgan fingerprint density at radius 3 is 2.42 bits per heavy atom. The topological polar surface area (TPSA) is 38.0 Å². The number of nitrogens with zero attached hydrogens (tertiary/aromatic N) is 2. The molecule has 1 heterocycles. The lowest BCUT2D eigenvalue weighted by atomic mass is 9.73. The van der Waals surface area contributed by atoms with Crippen molar-refractivity contribution in [2.45, 2.75) is 37.2 Å². The van der Waals surface area contributed by atoms with Gasteiger partial charge in [0.2, 0.25) is 0 Å². The van der Waals surface area contributed by atoms with Crippen molar-refractivity contribution in [3.8, 4) is 0 Å². The summed E-state index contributed by atoms with van der Waals surface area (Å²) in [5, 5.41) is 15.1. The summed E-state index contributed by atoms with van der Waals surface area (Å²) >= 11 is 0. The molecule has 1 fully saturated rings. The quantitative estimate of drug-likeness (QED) is 0.916. The maximum Gasteiger partial charge on any atom is 0.105 e. The first-order valence-electron chi connectivity index (χ1n) is 6.95. The van der Waals surface area contributed by atoms with Crippen molar-refractivity contribution in [2.75, 3.05) is 0 Å². The lowest BCUT2D eigenvalue weighted by Crippen LogP contribution is -2.32. The molecule has 1 saturated carbocycles. The van der Waals surface area contributed by atoms with Crippen molar-refractivity contribution in [3.63, 3.8) is 0 Å². The number of aliphatic hydroxyl groups excluding tert-OH is 1. The zero-order valence-corrected chi connectivity index (χ0v) is 11.3. The molecular formula is C16H20N2O. The van der Waals surface area contributed by atoms with Gasteiger partial charge in [-0.25, -0.2) is 0 Å². The maximum atomic E-state index is 10.9. The Morgan fingerprint density at radius 1 is 1.16 bits per heavy atom. The molecule has 1 N–H and O–H groups in total. The molecule has 1 aromatic heterocycles. The summed E-state index contributed by atoms with van der Waals surface area (Å²) in [6, 6.07) is 12.4. The van der Waals surface area contributed by atoms with Crippen molar-refractivity contribution in [1.82, 2.24) is 9.78 Å². The summed E-state index contributed by atoms with van der Waals surface area (Å²) in [6.07, 6.45) is 5.73. The number of hydrogen-bond donors (Lipinski definition) is 1. The number of aromatic nitrogens is 2. The maximum absolute atomic E-state index is 10.9. The lowest BCUT2D eigenvalue weighted by Gasteiger charge is -2.35. The Balaban J connectivity index is 2.04. The highest BCUT2D eigenvalue weighted by molar-refractivity contribution is 5.31. The monoisotopic (exact) mass is 256 g/mol. The standard InChI is InChI=1S/C16H20N2O/c1-18-14(9-12-17-18)15(19)16(10-5-6-11-16)13-7-3-2-4-8-13/h2-4,7-9,12,15,19H,5-6,10-11H2,1H3. The van der Waals surface area contributed by atoms with Gasteiger partial charge < -0.3 is 5.11 Å². The van der Waals surface area contributed by atoms with Crippen molar-refractivity contribution < 1.29 is 5.11 Å². The van der Waals surface area contributed by atoms with Crippen molar-refractivity contribution >= 4 is 0 Å². The molecule has 1 unspecified atom stereocenters. The van der Waals surface area contributed by atoms with Crippen LogP contribution in [0.5, 0.6) is 0 Å². The third kappa shape index (κ3) is 1.98. The first kappa shape index (κ1) is 12.4. The van der Waals surface area contributed by atoms with E-state index in [1.165, 1.54) is 18.4 Å². The Kier molecular flexibility index (Phi) is 3.15. The minimum absolute atomic E-state index is 0.144. The van der Waals surface area contributed by atoms with Gasteiger partial charge in [0.25, 0.3) is 0 Å². The summed E-state index contributed by atoms with van der Waals surface area (Å²) in [5.41, 5.74) is 2.02. The molecule has 0 saturated heterocycles. The number of hydrogen-bond acceptors (Lipinski definition) is 2. The summed E-state index contributed by atoms with van der Waals surface area (Å²) in [7, 11) is 1.90. The van der Waals surface area contributed by atoms with Crippen LogP contribution in [0.3, 0.4) is 0 Å². The van der Waals surface area contributed by atoms with Crippen LogP contribution in [-0.2, 0) is 12.5 Å². The average Bonchev–Trinajstić information content (AvgIpc) is 3.08. The van der Waals surface area contributed by atoms with Gasteiger partial charge in [-0.15, -0.1) is 0 Å². The van der Waals surface area contributed by atoms with Gasteiger partial charge in [0.15, 0.2) is 0 Å². The molecule has 0 amide bonds. The van der Waals surface area contributed by atoms with Crippen LogP contribution in [-0.4, -0.2) is 14.9 Å². The minimum Gasteiger partial charge on any atom is -0.386 e. The van der Waals surface area contributed by atoms with Crippen LogP contribution in [0.1, 0.15) is 43.0 Å². The molecule has 1 aliphatic carbocycles. The van der Waals surface area contributed by atoms with Crippen molar-refractivity contribution in [2.24, 2.45) is 7.05 Å². The van der Waals surface area contributed by atoms with E-state index in [-0.39, 0.29) is 5.41 Å². The molecular weight excluding hydrogens is 236 g/mol. The van der Waals surface area contributed by atoms with Crippen molar-refractivity contribution in [1.29, 1.82) is 0 Å². The fourth-order valence-corrected chi connectivity index (χ4v) is 3.43. The molecule has 0 radical (unpaired) electrons. The van der Waals surface area contributed by atoms with E-state index in [0.29, 0.717) is 0 Å². The molecule has 3 nitrogen and oxygen atoms in total. The Hall–Kier alpha value is -1.61. The fourth-order valence-electron chi connectivity index (χ4n) is 3.43. The second kappa shape index (κ2) is 4.82. The molecule has 0 aliphatic heterocycles. The van der Waals surface area contributed by atoms with Crippen LogP contribution in [0.25, 0.3) is 0 Å². The van der Waals surface area contributed by atoms with E-state index in [4.69, 9.17) is 0 Å². The van der Waals surface area contributed by atoms with Gasteiger partial charge in [-0.1, -0.05) is 43.2 Å². The van der Waals surface area contributed by atoms with Gasteiger partial charge in [0.1, 0.15) is 6.10 Å². The van der Waals surface area contributed by atoms with E-state index in [9.17, 15) is 5.11 Å². The van der Waals surface area contributed by atoms with E-state index in [0.717, 1.165) is 18.5 Å². The van der Waals surface area contributed by atoms with E-state index in [2.05, 4.69) is 29.4 Å². The molecule has 1 atom stereocenters. The zero-order valence-electron chi connectivity index (χ0n) is 11.3. The Bertz CT molecular complexity index is 541. The largest absolute Gasteiger partial charge is 0.386 e. The Labute approximate surface area is 113 Å². The van der Waals surface area contributed by atoms with Crippen LogP contribution in [0.2, 0.25) is 0 Å². The van der Waals surface area contributed by atoms with Gasteiger partial charge in [-0.3, -0.25) is 4.68 Å². The van der Waals surface area contributed by atoms with Crippen LogP contribution in [0.4, 0.5) is 0 Å². The van der Waals surface area contributed by atoms with Gasteiger partial charge in [0.05, 0.1) is 5.69 Å². The SMILES string of the molecule is Cn1nccc1C(O)C1(c2ccccc2)CCCC1. The van der Waals surface area contributed by atoms with Gasteiger partial charge in [0, 0.05) is 18.7 Å². The smallest absolute Gasteiger partial charge is 0.105 e. The lowest BCUT2D eigenvalue weighted by molar-refractivity contribution is 0.0748. The zero-order chi connectivity index (χ0) is 13.3. The molecule has 100 valence electrons. The predicted octanol–water partition coefficient (Wildman–Crippen LogP) is 2.97. The molecule has 2 aromatic rings. The van der Waals surface area contributed by atoms with E-state index >= 15 is 0 Å². The van der Waals surface area contributed by atoms with Crippen LogP contribution >= 0.6 is 0 Å². The van der Waals surface area contributed by atoms with Gasteiger partial charge in [-0.05, 0) is 24.5 Å². The summed E-state index contributed by atoms with van der Waals surface area (Å²) in [4.78, 5) is 0. The van der Waals surface area contributed by atoms with E-state index < -0.39 is 6.10 Å². The highest BCUT2D eigenvalue weighted by Crippen LogP contribution is 2.49. The normalized spacial score (nSPS) is 19.5. The molecule has 19 heavy (non-hydrogen) atoms. The number of aryl methyl sites for hydroxylation is 1. The van der Waals surface area contributed by atoms with Gasteiger partial charge >= 0.3 is 0 Å². The first-order chi connectivity index (χ1) is 9.24. The number of benzene rings is 1. The van der Waals surface area contributed by atoms with Crippen LogP contribution in [0, 0.1) is 0 Å². The summed E-state index contributed by atoms with van der Waals surface area (Å²) in [5.74, 6) is 0. The second-order valence-electron chi connectivity index (χ2n) is 5.51. The fraction of sp³-hybridized carbons (Fsp3) is 0.438. The highest BCUT2D eigenvalue weighted by atomic mass is 16.3. The molecule has 0 spiro atoms. The first-order valence-corrected chi connectivity index (χ1v) is 6.95. The van der Waals surface area contributed by atoms with Gasteiger partial charge in [-0.2, -0.15) is 5.10 Å². The highest BCUT2D eigenvalue weighted by Gasteiger charge is 2.43. The van der Waals surface area contributed by atoms with Crippen molar-refractivity contribution in [3.05, 3.63) is 53.9 Å². The molecule has 1 aliphatic rings. The van der Waals surface area contributed by atoms with Crippen LogP contribution in [0.15, 0.2) is 42.6 Å². The number of rotatable bonds is 3. The molecule has 0 bridgehead atoms. The summed E-state index contributed by atoms with van der Waals surface area (Å²) in [6.45, 7) is 0. The molecule has 1 aromatic carbocycles. The van der Waals surface area contributed by atoms with Crippen LogP contribution < -0.4 is 0 Å². The Morgan fingerprint density at radius 2 is 1.84 bits per heavy atom. The summed E-state index contributed by atoms with van der Waals surface area (Å²) < 4.78 is 1.79.